The lowest BCUT2D eigenvalue weighted by Gasteiger charge is -2.26. The Kier molecular flexibility index (Phi) is 4.88. The summed E-state index contributed by atoms with van der Waals surface area (Å²) in [6.45, 7) is 1.71. The first-order valence-electron chi connectivity index (χ1n) is 4.18. The zero-order chi connectivity index (χ0) is 11.5. The molecule has 0 amide bonds. The Morgan fingerprint density at radius 3 is 2.27 bits per heavy atom. The summed E-state index contributed by atoms with van der Waals surface area (Å²) in [6, 6.07) is 9.50. The highest BCUT2D eigenvalue weighted by Crippen LogP contribution is 2.72. The van der Waals surface area contributed by atoms with Crippen LogP contribution < -0.4 is 0 Å². The topological polar surface area (TPSA) is 17.1 Å². The number of alkyl halides is 1. The third-order valence-corrected chi connectivity index (χ3v) is 9.00. The van der Waals surface area contributed by atoms with E-state index < -0.39 is 10.3 Å². The number of rotatable bonds is 4. The van der Waals surface area contributed by atoms with Crippen LogP contribution in [0, 0.1) is 0 Å². The molecule has 0 aliphatic rings. The van der Waals surface area contributed by atoms with Gasteiger partial charge in [-0.2, -0.15) is 0 Å². The first-order chi connectivity index (χ1) is 6.89. The molecule has 0 spiro atoms. The highest BCUT2D eigenvalue weighted by molar-refractivity contribution is 8.21. The van der Waals surface area contributed by atoms with Crippen molar-refractivity contribution in [2.24, 2.45) is 0 Å². The van der Waals surface area contributed by atoms with Gasteiger partial charge in [-0.25, -0.2) is 0 Å². The molecule has 1 aromatic rings. The quantitative estimate of drug-likeness (QED) is 0.420. The van der Waals surface area contributed by atoms with Crippen LogP contribution in [0.1, 0.15) is 6.92 Å². The summed E-state index contributed by atoms with van der Waals surface area (Å²) in [5.74, 6) is -3.14. The van der Waals surface area contributed by atoms with Crippen LogP contribution in [-0.4, -0.2) is 10.4 Å². The minimum atomic E-state index is -3.28. The van der Waals surface area contributed by atoms with Crippen LogP contribution in [0.25, 0.3) is 0 Å². The van der Waals surface area contributed by atoms with Crippen LogP contribution in [0.15, 0.2) is 35.2 Å². The van der Waals surface area contributed by atoms with Crippen molar-refractivity contribution in [1.82, 2.24) is 0 Å². The fourth-order valence-corrected chi connectivity index (χ4v) is 4.64. The second-order valence-electron chi connectivity index (χ2n) is 3.19. The van der Waals surface area contributed by atoms with Gasteiger partial charge in [-0.15, -0.1) is 23.4 Å². The lowest BCUT2D eigenvalue weighted by molar-refractivity contribution is 0.585. The number of thioether (sulfide) groups is 1. The van der Waals surface area contributed by atoms with Crippen LogP contribution >= 0.6 is 51.7 Å². The van der Waals surface area contributed by atoms with Crippen LogP contribution in [0.4, 0.5) is 0 Å². The smallest absolute Gasteiger partial charge is 0.269 e. The monoisotopic (exact) mass is 302 g/mol. The molecule has 1 atom stereocenters. The van der Waals surface area contributed by atoms with Gasteiger partial charge in [0.15, 0.2) is 0 Å². The standard InChI is InChI=1S/C9H10Cl3OPS/c1-9(7-10,14(11,12)13)15-8-5-3-2-4-6-8/h2-6H,7H2,1H3. The van der Waals surface area contributed by atoms with Crippen molar-refractivity contribution < 1.29 is 4.57 Å². The summed E-state index contributed by atoms with van der Waals surface area (Å²) in [5.41, 5.74) is 0. The summed E-state index contributed by atoms with van der Waals surface area (Å²) in [7, 11) is 0. The summed E-state index contributed by atoms with van der Waals surface area (Å²) in [6.07, 6.45) is 0. The largest absolute Gasteiger partial charge is 0.288 e. The maximum atomic E-state index is 11.7. The van der Waals surface area contributed by atoms with E-state index in [2.05, 4.69) is 0 Å². The zero-order valence-corrected chi connectivity index (χ0v) is 12.0. The number of benzene rings is 1. The molecular weight excluding hydrogens is 293 g/mol. The third-order valence-electron chi connectivity index (χ3n) is 1.88. The summed E-state index contributed by atoms with van der Waals surface area (Å²) in [5, 5.41) is 0. The van der Waals surface area contributed by atoms with Gasteiger partial charge in [-0.1, -0.05) is 18.2 Å². The number of halogens is 3. The Hall–Kier alpha value is 0.670. The first kappa shape index (κ1) is 13.7. The fraction of sp³-hybridized carbons (Fsp3) is 0.333. The molecule has 0 bridgehead atoms. The predicted octanol–water partition coefficient (Wildman–Crippen LogP) is 5.40. The van der Waals surface area contributed by atoms with E-state index in [9.17, 15) is 4.57 Å². The fourth-order valence-electron chi connectivity index (χ4n) is 0.892. The average Bonchev–Trinajstić information content (AvgIpc) is 2.17. The molecule has 6 heteroatoms. The van der Waals surface area contributed by atoms with Gasteiger partial charge in [0.1, 0.15) is 4.49 Å². The highest BCUT2D eigenvalue weighted by Gasteiger charge is 2.42. The van der Waals surface area contributed by atoms with Crippen LogP contribution in [0.3, 0.4) is 0 Å². The number of hydrogen-bond acceptors (Lipinski definition) is 2. The van der Waals surface area contributed by atoms with Crippen LogP contribution in [-0.2, 0) is 4.57 Å². The van der Waals surface area contributed by atoms with Gasteiger partial charge in [0, 0.05) is 10.8 Å². The predicted molar refractivity (Wildman–Crippen MR) is 70.7 cm³/mol. The molecule has 0 saturated heterocycles. The SMILES string of the molecule is CC(CCl)(Sc1ccccc1)P(=O)(Cl)Cl. The van der Waals surface area contributed by atoms with Crippen molar-refractivity contribution in [3.63, 3.8) is 0 Å². The van der Waals surface area contributed by atoms with Crippen LogP contribution in [0.5, 0.6) is 0 Å². The molecule has 0 fully saturated rings. The van der Waals surface area contributed by atoms with Gasteiger partial charge < -0.3 is 0 Å². The molecule has 1 unspecified atom stereocenters. The zero-order valence-electron chi connectivity index (χ0n) is 7.99. The normalized spacial score (nSPS) is 16.0. The second-order valence-corrected chi connectivity index (χ2v) is 10.6. The van der Waals surface area contributed by atoms with E-state index in [0.29, 0.717) is 0 Å². The third kappa shape index (κ3) is 3.57. The van der Waals surface area contributed by atoms with Crippen molar-refractivity contribution in [1.29, 1.82) is 0 Å². The minimum Gasteiger partial charge on any atom is -0.288 e. The first-order valence-corrected chi connectivity index (χ1v) is 9.05. The van der Waals surface area contributed by atoms with Crippen molar-refractivity contribution in [3.05, 3.63) is 30.3 Å². The van der Waals surface area contributed by atoms with E-state index in [0.717, 1.165) is 4.90 Å². The van der Waals surface area contributed by atoms with Gasteiger partial charge in [0.05, 0.1) is 0 Å². The molecule has 0 aliphatic carbocycles. The summed E-state index contributed by atoms with van der Waals surface area (Å²) in [4.78, 5) is 0.946. The molecule has 0 aromatic heterocycles. The highest BCUT2D eigenvalue weighted by atomic mass is 35.9. The second kappa shape index (κ2) is 5.33. The molecule has 0 N–H and O–H groups in total. The Labute approximate surface area is 108 Å². The van der Waals surface area contributed by atoms with E-state index in [1.165, 1.54) is 11.8 Å². The molecule has 15 heavy (non-hydrogen) atoms. The van der Waals surface area contributed by atoms with Gasteiger partial charge >= 0.3 is 0 Å². The molecule has 84 valence electrons. The molecule has 1 rings (SSSR count). The van der Waals surface area contributed by atoms with Crippen molar-refractivity contribution >= 4 is 51.7 Å². The Morgan fingerprint density at radius 1 is 1.33 bits per heavy atom. The summed E-state index contributed by atoms with van der Waals surface area (Å²) >= 11 is 18.5. The van der Waals surface area contributed by atoms with Crippen molar-refractivity contribution in [2.45, 2.75) is 16.3 Å². The maximum absolute atomic E-state index is 11.7. The average molecular weight is 304 g/mol. The Morgan fingerprint density at radius 2 is 1.87 bits per heavy atom. The van der Waals surface area contributed by atoms with Crippen molar-refractivity contribution in [3.8, 4) is 0 Å². The van der Waals surface area contributed by atoms with E-state index in [-0.39, 0.29) is 5.88 Å². The van der Waals surface area contributed by atoms with E-state index in [1.54, 1.807) is 6.92 Å². The molecule has 0 aliphatic heterocycles. The molecule has 1 nitrogen and oxygen atoms in total. The van der Waals surface area contributed by atoms with Gasteiger partial charge in [-0.05, 0) is 41.5 Å². The lowest BCUT2D eigenvalue weighted by atomic mass is 10.4. The van der Waals surface area contributed by atoms with E-state index in [1.807, 2.05) is 30.3 Å². The Bertz CT molecular complexity index is 367. The van der Waals surface area contributed by atoms with Crippen molar-refractivity contribution in [2.75, 3.05) is 5.88 Å². The van der Waals surface area contributed by atoms with E-state index >= 15 is 0 Å². The van der Waals surface area contributed by atoms with E-state index in [4.69, 9.17) is 34.1 Å². The Balaban J connectivity index is 2.92. The minimum absolute atomic E-state index is 0.136. The molecule has 0 saturated carbocycles. The van der Waals surface area contributed by atoms with Gasteiger partial charge in [0.25, 0.3) is 5.85 Å². The molecular formula is C9H10Cl3OPS. The van der Waals surface area contributed by atoms with Gasteiger partial charge in [-0.3, -0.25) is 4.57 Å². The number of hydrogen-bond donors (Lipinski definition) is 0. The lowest BCUT2D eigenvalue weighted by Crippen LogP contribution is -2.18. The maximum Gasteiger partial charge on any atom is 0.269 e. The molecule has 0 heterocycles. The van der Waals surface area contributed by atoms with Crippen LogP contribution in [0.2, 0.25) is 0 Å². The molecule has 1 aromatic carbocycles. The van der Waals surface area contributed by atoms with Gasteiger partial charge in [0.2, 0.25) is 0 Å². The summed E-state index contributed by atoms with van der Waals surface area (Å²) < 4.78 is 10.8. The molecule has 0 radical (unpaired) electrons.